The lowest BCUT2D eigenvalue weighted by Gasteiger charge is -1.99. The van der Waals surface area contributed by atoms with E-state index in [4.69, 9.17) is 0 Å². The van der Waals surface area contributed by atoms with E-state index in [1.165, 1.54) is 19.3 Å². The molecule has 0 aliphatic rings. The Bertz CT molecular complexity index is 508. The molecule has 0 aromatic heterocycles. The van der Waals surface area contributed by atoms with Crippen LogP contribution < -0.4 is 0 Å². The highest BCUT2D eigenvalue weighted by atomic mass is 16.5. The van der Waals surface area contributed by atoms with Gasteiger partial charge in [-0.05, 0) is 6.42 Å². The van der Waals surface area contributed by atoms with Gasteiger partial charge in [0.25, 0.3) is 6.47 Å². The average molecular weight is 312 g/mol. The van der Waals surface area contributed by atoms with Crippen LogP contribution in [-0.4, -0.2) is 18.9 Å². The van der Waals surface area contributed by atoms with Crippen molar-refractivity contribution in [3.63, 3.8) is 0 Å². The minimum absolute atomic E-state index is 0.0752. The lowest BCUT2D eigenvalue weighted by molar-refractivity contribution is -0.128. The third-order valence-electron chi connectivity index (χ3n) is 3.26. The first-order valence-electron chi connectivity index (χ1n) is 7.99. The van der Waals surface area contributed by atoms with Crippen LogP contribution >= 0.6 is 0 Å². The predicted octanol–water partition coefficient (Wildman–Crippen LogP) is 4.66. The molecule has 0 heterocycles. The Morgan fingerprint density at radius 1 is 0.870 bits per heavy atom. The largest absolute Gasteiger partial charge is 0.468 e. The van der Waals surface area contributed by atoms with Crippen LogP contribution in [0, 0.1) is 0 Å². The number of carbonyl (C=O) groups is 2. The summed E-state index contributed by atoms with van der Waals surface area (Å²) in [5.74, 6) is 0.0752. The number of rotatable bonds is 8. The standard InChI is InChI=1S/C13H10O.C7H14O2/c14-13(11-7-3-1-4-8-11)12-9-5-2-6-10-12;1-2-3-4-5-6-9-7-8/h1-10H;7H,2-6H2,1H3. The molecule has 0 unspecified atom stereocenters. The summed E-state index contributed by atoms with van der Waals surface area (Å²) in [5.41, 5.74) is 1.47. The molecular weight excluding hydrogens is 288 g/mol. The molecule has 0 N–H and O–H groups in total. The first-order valence-corrected chi connectivity index (χ1v) is 7.99. The topological polar surface area (TPSA) is 43.4 Å². The number of ether oxygens (including phenoxy) is 1. The zero-order valence-electron chi connectivity index (χ0n) is 13.6. The van der Waals surface area contributed by atoms with Gasteiger partial charge in [0.1, 0.15) is 0 Å². The van der Waals surface area contributed by atoms with Crippen molar-refractivity contribution in [1.82, 2.24) is 0 Å². The molecule has 122 valence electrons. The molecule has 0 fully saturated rings. The van der Waals surface area contributed by atoms with Gasteiger partial charge in [0.15, 0.2) is 5.78 Å². The minimum Gasteiger partial charge on any atom is -0.468 e. The van der Waals surface area contributed by atoms with Gasteiger partial charge in [0, 0.05) is 11.1 Å². The smallest absolute Gasteiger partial charge is 0.293 e. The first-order chi connectivity index (χ1) is 11.3. The highest BCUT2D eigenvalue weighted by Crippen LogP contribution is 2.08. The molecule has 0 saturated carbocycles. The Labute approximate surface area is 138 Å². The highest BCUT2D eigenvalue weighted by molar-refractivity contribution is 6.08. The van der Waals surface area contributed by atoms with Gasteiger partial charge < -0.3 is 4.74 Å². The molecular formula is C20H24O3. The molecule has 0 saturated heterocycles. The number of unbranched alkanes of at least 4 members (excludes halogenated alkanes) is 3. The lowest BCUT2D eigenvalue weighted by atomic mass is 10.0. The van der Waals surface area contributed by atoms with Gasteiger partial charge in [-0.25, -0.2) is 0 Å². The summed E-state index contributed by atoms with van der Waals surface area (Å²) in [6.45, 7) is 3.25. The van der Waals surface area contributed by atoms with Crippen molar-refractivity contribution in [2.75, 3.05) is 6.61 Å². The zero-order chi connectivity index (χ0) is 16.8. The van der Waals surface area contributed by atoms with Gasteiger partial charge >= 0.3 is 0 Å². The van der Waals surface area contributed by atoms with Crippen molar-refractivity contribution >= 4 is 12.3 Å². The molecule has 2 aromatic carbocycles. The number of ketones is 1. The van der Waals surface area contributed by atoms with Crippen LogP contribution in [0.2, 0.25) is 0 Å². The molecule has 2 aromatic rings. The van der Waals surface area contributed by atoms with Crippen molar-refractivity contribution in [2.24, 2.45) is 0 Å². The van der Waals surface area contributed by atoms with E-state index in [0.717, 1.165) is 17.5 Å². The number of hydrogen-bond acceptors (Lipinski definition) is 3. The summed E-state index contributed by atoms with van der Waals surface area (Å²) in [6, 6.07) is 18.6. The molecule has 2 rings (SSSR count). The Morgan fingerprint density at radius 2 is 1.39 bits per heavy atom. The summed E-state index contributed by atoms with van der Waals surface area (Å²) in [7, 11) is 0. The number of benzene rings is 2. The molecule has 3 heteroatoms. The van der Waals surface area contributed by atoms with E-state index in [2.05, 4.69) is 11.7 Å². The summed E-state index contributed by atoms with van der Waals surface area (Å²) < 4.78 is 4.50. The summed E-state index contributed by atoms with van der Waals surface area (Å²) in [6.07, 6.45) is 4.64. The van der Waals surface area contributed by atoms with Crippen molar-refractivity contribution in [3.8, 4) is 0 Å². The summed E-state index contributed by atoms with van der Waals surface area (Å²) in [5, 5.41) is 0. The van der Waals surface area contributed by atoms with Crippen LogP contribution in [0.3, 0.4) is 0 Å². The van der Waals surface area contributed by atoms with E-state index in [9.17, 15) is 9.59 Å². The van der Waals surface area contributed by atoms with E-state index in [1.807, 2.05) is 60.7 Å². The SMILES string of the molecule is CCCCCCOC=O.O=C(c1ccccc1)c1ccccc1. The van der Waals surface area contributed by atoms with Crippen LogP contribution in [0.4, 0.5) is 0 Å². The van der Waals surface area contributed by atoms with E-state index >= 15 is 0 Å². The summed E-state index contributed by atoms with van der Waals surface area (Å²) in [4.78, 5) is 21.5. The second kappa shape index (κ2) is 12.2. The molecule has 0 aliphatic carbocycles. The van der Waals surface area contributed by atoms with Crippen molar-refractivity contribution in [3.05, 3.63) is 71.8 Å². The van der Waals surface area contributed by atoms with Crippen molar-refractivity contribution in [2.45, 2.75) is 32.6 Å². The van der Waals surface area contributed by atoms with Gasteiger partial charge in [0.05, 0.1) is 6.61 Å². The number of carbonyl (C=O) groups excluding carboxylic acids is 2. The van der Waals surface area contributed by atoms with Gasteiger partial charge in [0.2, 0.25) is 0 Å². The van der Waals surface area contributed by atoms with Crippen LogP contribution in [0.5, 0.6) is 0 Å². The third-order valence-corrected chi connectivity index (χ3v) is 3.26. The van der Waals surface area contributed by atoms with E-state index < -0.39 is 0 Å². The molecule has 23 heavy (non-hydrogen) atoms. The fourth-order valence-corrected chi connectivity index (χ4v) is 2.01. The van der Waals surface area contributed by atoms with Crippen LogP contribution in [0.15, 0.2) is 60.7 Å². The quantitative estimate of drug-likeness (QED) is 0.404. The maximum Gasteiger partial charge on any atom is 0.293 e. The minimum atomic E-state index is 0.0752. The lowest BCUT2D eigenvalue weighted by Crippen LogP contribution is -1.99. The third kappa shape index (κ3) is 7.96. The molecule has 0 spiro atoms. The Balaban J connectivity index is 0.000000257. The van der Waals surface area contributed by atoms with Crippen LogP contribution in [0.1, 0.15) is 48.5 Å². The number of hydrogen-bond donors (Lipinski definition) is 0. The van der Waals surface area contributed by atoms with Crippen LogP contribution in [-0.2, 0) is 9.53 Å². The van der Waals surface area contributed by atoms with Gasteiger partial charge in [-0.1, -0.05) is 86.8 Å². The molecule has 3 nitrogen and oxygen atoms in total. The Hall–Kier alpha value is -2.42. The Kier molecular flexibility index (Phi) is 9.85. The van der Waals surface area contributed by atoms with Gasteiger partial charge in [-0.2, -0.15) is 0 Å². The maximum absolute atomic E-state index is 11.8. The second-order valence-electron chi connectivity index (χ2n) is 5.09. The van der Waals surface area contributed by atoms with E-state index in [0.29, 0.717) is 13.1 Å². The first kappa shape index (κ1) is 18.6. The van der Waals surface area contributed by atoms with Crippen molar-refractivity contribution < 1.29 is 14.3 Å². The monoisotopic (exact) mass is 312 g/mol. The van der Waals surface area contributed by atoms with E-state index in [1.54, 1.807) is 0 Å². The van der Waals surface area contributed by atoms with Crippen molar-refractivity contribution in [1.29, 1.82) is 0 Å². The molecule has 0 amide bonds. The van der Waals surface area contributed by atoms with Crippen LogP contribution in [0.25, 0.3) is 0 Å². The Morgan fingerprint density at radius 3 is 1.83 bits per heavy atom. The second-order valence-corrected chi connectivity index (χ2v) is 5.09. The molecule has 0 radical (unpaired) electrons. The van der Waals surface area contributed by atoms with Gasteiger partial charge in [-0.15, -0.1) is 0 Å². The van der Waals surface area contributed by atoms with Gasteiger partial charge in [-0.3, -0.25) is 9.59 Å². The fourth-order valence-electron chi connectivity index (χ4n) is 2.01. The summed E-state index contributed by atoms with van der Waals surface area (Å²) >= 11 is 0. The zero-order valence-corrected chi connectivity index (χ0v) is 13.6. The average Bonchev–Trinajstić information content (AvgIpc) is 2.63. The molecule has 0 atom stereocenters. The maximum atomic E-state index is 11.8. The normalized spacial score (nSPS) is 9.43. The van der Waals surface area contributed by atoms with E-state index in [-0.39, 0.29) is 5.78 Å². The highest BCUT2D eigenvalue weighted by Gasteiger charge is 2.06. The fraction of sp³-hybridized carbons (Fsp3) is 0.300. The molecule has 0 bridgehead atoms. The predicted molar refractivity (Wildman–Crippen MR) is 92.5 cm³/mol. The molecule has 0 aliphatic heterocycles.